The number of ether oxygens (including phenoxy) is 1. The summed E-state index contributed by atoms with van der Waals surface area (Å²) in [4.78, 5) is 22.4. The first-order valence-corrected chi connectivity index (χ1v) is 9.77. The summed E-state index contributed by atoms with van der Waals surface area (Å²) < 4.78 is 20.4. The molecular weight excluding hydrogens is 367 g/mol. The van der Waals surface area contributed by atoms with E-state index in [4.69, 9.17) is 4.74 Å². The molecule has 0 radical (unpaired) electrons. The number of thiazole rings is 1. The van der Waals surface area contributed by atoms with Gasteiger partial charge in [0.05, 0.1) is 12.3 Å². The number of benzene rings is 1. The Hall–Kier alpha value is -2.29. The van der Waals surface area contributed by atoms with E-state index in [-0.39, 0.29) is 11.7 Å². The molecule has 0 unspecified atom stereocenters. The first kappa shape index (κ1) is 18.1. The third-order valence-electron chi connectivity index (χ3n) is 4.82. The zero-order valence-corrected chi connectivity index (χ0v) is 15.9. The van der Waals surface area contributed by atoms with E-state index >= 15 is 0 Å². The predicted octanol–water partition coefficient (Wildman–Crippen LogP) is 2.61. The number of piperazine rings is 1. The molecule has 8 heteroatoms. The van der Waals surface area contributed by atoms with E-state index in [0.717, 1.165) is 24.6 Å². The number of amides is 1. The standard InChI is InChI=1S/C19H21FN4O2S/c1-26-10-9-22-5-7-23(8-6-22)18(25)17-13-27-19-21-16(12-24(17)19)14-3-2-4-15(20)11-14/h2-4,11-13H,5-10H2,1H3. The molecule has 1 fully saturated rings. The van der Waals surface area contributed by atoms with Gasteiger partial charge in [-0.2, -0.15) is 0 Å². The van der Waals surface area contributed by atoms with Crippen LogP contribution in [0.2, 0.25) is 0 Å². The van der Waals surface area contributed by atoms with Crippen LogP contribution in [-0.2, 0) is 4.74 Å². The molecule has 1 aliphatic heterocycles. The summed E-state index contributed by atoms with van der Waals surface area (Å²) in [5, 5.41) is 1.84. The highest BCUT2D eigenvalue weighted by Crippen LogP contribution is 2.25. The summed E-state index contributed by atoms with van der Waals surface area (Å²) in [6.45, 7) is 4.69. The topological polar surface area (TPSA) is 50.1 Å². The molecule has 3 aromatic rings. The Balaban J connectivity index is 1.51. The molecule has 27 heavy (non-hydrogen) atoms. The molecule has 1 aliphatic rings. The zero-order chi connectivity index (χ0) is 18.8. The number of hydrogen-bond acceptors (Lipinski definition) is 5. The van der Waals surface area contributed by atoms with E-state index in [1.807, 2.05) is 26.9 Å². The Bertz CT molecular complexity index is 946. The average Bonchev–Trinajstić information content (AvgIpc) is 3.27. The van der Waals surface area contributed by atoms with Crippen LogP contribution in [0.1, 0.15) is 10.5 Å². The third-order valence-corrected chi connectivity index (χ3v) is 5.66. The van der Waals surface area contributed by atoms with Crippen LogP contribution in [0.15, 0.2) is 35.8 Å². The lowest BCUT2D eigenvalue weighted by molar-refractivity contribution is 0.0588. The number of fused-ring (bicyclic) bond motifs is 1. The fourth-order valence-electron chi connectivity index (χ4n) is 3.28. The number of carbonyl (C=O) groups excluding carboxylic acids is 1. The summed E-state index contributed by atoms with van der Waals surface area (Å²) in [5.41, 5.74) is 1.98. The maximum atomic E-state index is 13.5. The molecule has 0 aliphatic carbocycles. The van der Waals surface area contributed by atoms with Crippen LogP contribution in [0.3, 0.4) is 0 Å². The van der Waals surface area contributed by atoms with Crippen molar-refractivity contribution >= 4 is 22.2 Å². The van der Waals surface area contributed by atoms with E-state index < -0.39 is 0 Å². The summed E-state index contributed by atoms with van der Waals surface area (Å²) in [6.07, 6.45) is 1.81. The first-order valence-electron chi connectivity index (χ1n) is 8.89. The van der Waals surface area contributed by atoms with Gasteiger partial charge in [0.25, 0.3) is 5.91 Å². The number of nitrogens with zero attached hydrogens (tertiary/aromatic N) is 4. The van der Waals surface area contributed by atoms with Crippen molar-refractivity contribution in [3.63, 3.8) is 0 Å². The molecule has 0 bridgehead atoms. The number of carbonyl (C=O) groups is 1. The number of aromatic nitrogens is 2. The number of halogens is 1. The van der Waals surface area contributed by atoms with Crippen molar-refractivity contribution in [1.82, 2.24) is 19.2 Å². The Labute approximate surface area is 160 Å². The van der Waals surface area contributed by atoms with Crippen molar-refractivity contribution in [3.05, 3.63) is 47.4 Å². The minimum atomic E-state index is -0.300. The molecule has 1 amide bonds. The number of rotatable bonds is 5. The Morgan fingerprint density at radius 3 is 2.85 bits per heavy atom. The minimum absolute atomic E-state index is 0.0100. The monoisotopic (exact) mass is 388 g/mol. The Kier molecular flexibility index (Phi) is 5.20. The van der Waals surface area contributed by atoms with Gasteiger partial charge in [-0.15, -0.1) is 11.3 Å². The highest BCUT2D eigenvalue weighted by Gasteiger charge is 2.24. The van der Waals surface area contributed by atoms with Gasteiger partial charge in [-0.25, -0.2) is 9.37 Å². The van der Waals surface area contributed by atoms with Crippen molar-refractivity contribution in [2.45, 2.75) is 0 Å². The number of imidazole rings is 1. The molecule has 2 aromatic heterocycles. The molecule has 3 heterocycles. The van der Waals surface area contributed by atoms with Gasteiger partial charge in [-0.1, -0.05) is 12.1 Å². The zero-order valence-electron chi connectivity index (χ0n) is 15.1. The molecule has 4 rings (SSSR count). The second-order valence-corrected chi connectivity index (χ2v) is 7.37. The minimum Gasteiger partial charge on any atom is -0.383 e. The fraction of sp³-hybridized carbons (Fsp3) is 0.368. The highest BCUT2D eigenvalue weighted by molar-refractivity contribution is 7.15. The van der Waals surface area contributed by atoms with Crippen LogP contribution >= 0.6 is 11.3 Å². The Morgan fingerprint density at radius 2 is 2.11 bits per heavy atom. The van der Waals surface area contributed by atoms with Crippen LogP contribution in [-0.4, -0.2) is 71.5 Å². The summed E-state index contributed by atoms with van der Waals surface area (Å²) in [7, 11) is 1.70. The second kappa shape index (κ2) is 7.75. The van der Waals surface area contributed by atoms with Crippen LogP contribution < -0.4 is 0 Å². The largest absolute Gasteiger partial charge is 0.383 e. The fourth-order valence-corrected chi connectivity index (χ4v) is 4.13. The van der Waals surface area contributed by atoms with Gasteiger partial charge in [0, 0.05) is 57.0 Å². The second-order valence-electron chi connectivity index (χ2n) is 6.54. The molecule has 0 N–H and O–H groups in total. The van der Waals surface area contributed by atoms with Crippen molar-refractivity contribution in [2.24, 2.45) is 0 Å². The molecule has 1 aromatic carbocycles. The maximum absolute atomic E-state index is 13.5. The smallest absolute Gasteiger partial charge is 0.271 e. The maximum Gasteiger partial charge on any atom is 0.271 e. The normalized spacial score (nSPS) is 15.6. The number of methoxy groups -OCH3 is 1. The highest BCUT2D eigenvalue weighted by atomic mass is 32.1. The van der Waals surface area contributed by atoms with Crippen LogP contribution in [0.4, 0.5) is 4.39 Å². The van der Waals surface area contributed by atoms with E-state index in [2.05, 4.69) is 9.88 Å². The van der Waals surface area contributed by atoms with E-state index in [9.17, 15) is 9.18 Å². The lowest BCUT2D eigenvalue weighted by Crippen LogP contribution is -2.49. The van der Waals surface area contributed by atoms with Crippen LogP contribution in [0, 0.1) is 5.82 Å². The van der Waals surface area contributed by atoms with Crippen molar-refractivity contribution in [3.8, 4) is 11.3 Å². The summed E-state index contributed by atoms with van der Waals surface area (Å²) in [6, 6.07) is 6.33. The van der Waals surface area contributed by atoms with Gasteiger partial charge in [-0.3, -0.25) is 14.1 Å². The van der Waals surface area contributed by atoms with Gasteiger partial charge in [0.2, 0.25) is 0 Å². The predicted molar refractivity (Wildman–Crippen MR) is 103 cm³/mol. The van der Waals surface area contributed by atoms with E-state index in [1.165, 1.54) is 23.5 Å². The Morgan fingerprint density at radius 1 is 1.30 bits per heavy atom. The number of hydrogen-bond donors (Lipinski definition) is 0. The quantitative estimate of drug-likeness (QED) is 0.674. The van der Waals surface area contributed by atoms with Crippen molar-refractivity contribution in [2.75, 3.05) is 46.4 Å². The van der Waals surface area contributed by atoms with E-state index in [0.29, 0.717) is 36.6 Å². The summed E-state index contributed by atoms with van der Waals surface area (Å²) >= 11 is 1.42. The van der Waals surface area contributed by atoms with Crippen molar-refractivity contribution in [1.29, 1.82) is 0 Å². The van der Waals surface area contributed by atoms with Gasteiger partial charge >= 0.3 is 0 Å². The van der Waals surface area contributed by atoms with Gasteiger partial charge < -0.3 is 9.64 Å². The van der Waals surface area contributed by atoms with Gasteiger partial charge in [0.15, 0.2) is 4.96 Å². The molecule has 6 nitrogen and oxygen atoms in total. The van der Waals surface area contributed by atoms with E-state index in [1.54, 1.807) is 13.2 Å². The van der Waals surface area contributed by atoms with Crippen molar-refractivity contribution < 1.29 is 13.9 Å². The molecule has 0 spiro atoms. The lowest BCUT2D eigenvalue weighted by atomic mass is 10.2. The molecule has 142 valence electrons. The lowest BCUT2D eigenvalue weighted by Gasteiger charge is -2.34. The first-order chi connectivity index (χ1) is 13.2. The molecule has 0 atom stereocenters. The third kappa shape index (κ3) is 3.73. The van der Waals surface area contributed by atoms with Crippen LogP contribution in [0.5, 0.6) is 0 Å². The molecule has 1 saturated heterocycles. The van der Waals surface area contributed by atoms with Gasteiger partial charge in [-0.05, 0) is 12.1 Å². The molecular formula is C19H21FN4O2S. The average molecular weight is 388 g/mol. The van der Waals surface area contributed by atoms with Gasteiger partial charge in [0.1, 0.15) is 11.5 Å². The molecule has 0 saturated carbocycles. The summed E-state index contributed by atoms with van der Waals surface area (Å²) in [5.74, 6) is -0.290. The van der Waals surface area contributed by atoms with Crippen LogP contribution in [0.25, 0.3) is 16.2 Å². The SMILES string of the molecule is COCCN1CCN(C(=O)c2csc3nc(-c4cccc(F)c4)cn23)CC1.